The van der Waals surface area contributed by atoms with Crippen LogP contribution in [0.5, 0.6) is 5.75 Å². The molecule has 0 aromatic heterocycles. The fourth-order valence-corrected chi connectivity index (χ4v) is 1.06. The van der Waals surface area contributed by atoms with Crippen molar-refractivity contribution in [2.45, 2.75) is 6.61 Å². The highest BCUT2D eigenvalue weighted by Gasteiger charge is 2.04. The summed E-state index contributed by atoms with van der Waals surface area (Å²) in [5.74, 6) is 0.0151. The van der Waals surface area contributed by atoms with Crippen molar-refractivity contribution in [3.8, 4) is 5.75 Å². The van der Waals surface area contributed by atoms with Gasteiger partial charge in [-0.25, -0.2) is 4.79 Å². The van der Waals surface area contributed by atoms with Crippen molar-refractivity contribution < 1.29 is 23.4 Å². The number of aliphatic hydroxyl groups excluding tert-OH is 1. The zero-order valence-electron chi connectivity index (χ0n) is 8.82. The third-order valence-corrected chi connectivity index (χ3v) is 1.73. The van der Waals surface area contributed by atoms with Gasteiger partial charge in [-0.1, -0.05) is 0 Å². The van der Waals surface area contributed by atoms with Gasteiger partial charge in [0, 0.05) is 12.2 Å². The van der Waals surface area contributed by atoms with E-state index in [2.05, 4.69) is 15.4 Å². The highest BCUT2D eigenvalue weighted by Crippen LogP contribution is 2.17. The Morgan fingerprint density at radius 1 is 1.35 bits per heavy atom. The van der Waals surface area contributed by atoms with E-state index >= 15 is 0 Å². The lowest BCUT2D eigenvalue weighted by Crippen LogP contribution is -2.30. The molecule has 0 saturated carbocycles. The van der Waals surface area contributed by atoms with Crippen LogP contribution in [0.2, 0.25) is 0 Å². The summed E-state index contributed by atoms with van der Waals surface area (Å²) in [4.78, 5) is 11.1. The summed E-state index contributed by atoms with van der Waals surface area (Å²) in [5, 5.41) is 13.3. The minimum absolute atomic E-state index is 0.0151. The minimum atomic E-state index is -2.87. The smallest absolute Gasteiger partial charge is 0.387 e. The number of aliphatic hydroxyl groups is 1. The number of hydrogen-bond donors (Lipinski definition) is 3. The van der Waals surface area contributed by atoms with Crippen molar-refractivity contribution in [1.82, 2.24) is 5.32 Å². The fourth-order valence-electron chi connectivity index (χ4n) is 1.06. The molecule has 3 N–H and O–H groups in total. The third-order valence-electron chi connectivity index (χ3n) is 1.73. The van der Waals surface area contributed by atoms with Gasteiger partial charge in [0.05, 0.1) is 6.61 Å². The third kappa shape index (κ3) is 5.12. The van der Waals surface area contributed by atoms with Gasteiger partial charge >= 0.3 is 12.6 Å². The quantitative estimate of drug-likeness (QED) is 0.735. The average molecular weight is 246 g/mol. The summed E-state index contributed by atoms with van der Waals surface area (Å²) < 4.78 is 27.8. The predicted octanol–water partition coefficient (Wildman–Crippen LogP) is 1.40. The van der Waals surface area contributed by atoms with Gasteiger partial charge in [0.2, 0.25) is 0 Å². The average Bonchev–Trinajstić information content (AvgIpc) is 2.28. The van der Waals surface area contributed by atoms with Gasteiger partial charge in [-0.05, 0) is 24.3 Å². The second-order valence-corrected chi connectivity index (χ2v) is 3.01. The molecule has 0 heterocycles. The number of halogens is 2. The molecule has 0 unspecified atom stereocenters. The lowest BCUT2D eigenvalue weighted by Gasteiger charge is -2.08. The van der Waals surface area contributed by atoms with Gasteiger partial charge < -0.3 is 20.5 Å². The van der Waals surface area contributed by atoms with E-state index in [0.717, 1.165) is 0 Å². The van der Waals surface area contributed by atoms with E-state index in [4.69, 9.17) is 5.11 Å². The minimum Gasteiger partial charge on any atom is -0.435 e. The number of urea groups is 1. The molecule has 5 nitrogen and oxygen atoms in total. The Labute approximate surface area is 96.4 Å². The van der Waals surface area contributed by atoms with E-state index in [9.17, 15) is 13.6 Å². The number of amides is 2. The molecule has 0 radical (unpaired) electrons. The number of alkyl halides is 2. The molecule has 0 fully saturated rings. The van der Waals surface area contributed by atoms with Crippen molar-refractivity contribution in [2.24, 2.45) is 0 Å². The number of carbonyl (C=O) groups is 1. The molecule has 0 aliphatic heterocycles. The number of benzene rings is 1. The maximum absolute atomic E-state index is 11.8. The maximum Gasteiger partial charge on any atom is 0.387 e. The van der Waals surface area contributed by atoms with Crippen molar-refractivity contribution in [1.29, 1.82) is 0 Å². The van der Waals surface area contributed by atoms with Gasteiger partial charge in [-0.15, -0.1) is 0 Å². The lowest BCUT2D eigenvalue weighted by atomic mass is 10.3. The molecule has 0 aliphatic rings. The maximum atomic E-state index is 11.8. The van der Waals surface area contributed by atoms with E-state index in [1.54, 1.807) is 0 Å². The Morgan fingerprint density at radius 3 is 2.53 bits per heavy atom. The van der Waals surface area contributed by atoms with Crippen LogP contribution in [-0.2, 0) is 0 Å². The summed E-state index contributed by atoms with van der Waals surface area (Å²) in [6.45, 7) is -2.89. The predicted molar refractivity (Wildman–Crippen MR) is 57.2 cm³/mol. The lowest BCUT2D eigenvalue weighted by molar-refractivity contribution is -0.0498. The summed E-state index contributed by atoms with van der Waals surface area (Å²) in [6.07, 6.45) is 0. The second kappa shape index (κ2) is 6.64. The molecule has 94 valence electrons. The van der Waals surface area contributed by atoms with Gasteiger partial charge in [0.15, 0.2) is 0 Å². The number of hydrogen-bond acceptors (Lipinski definition) is 3. The number of anilines is 1. The molecule has 0 spiro atoms. The summed E-state index contributed by atoms with van der Waals surface area (Å²) >= 11 is 0. The number of ether oxygens (including phenoxy) is 1. The van der Waals surface area contributed by atoms with E-state index in [0.29, 0.717) is 5.69 Å². The van der Waals surface area contributed by atoms with Gasteiger partial charge in [0.25, 0.3) is 0 Å². The molecule has 2 amide bonds. The normalized spacial score (nSPS) is 10.1. The first-order valence-corrected chi connectivity index (χ1v) is 4.82. The molecule has 0 saturated heterocycles. The second-order valence-electron chi connectivity index (χ2n) is 3.01. The van der Waals surface area contributed by atoms with Crippen LogP contribution in [0.4, 0.5) is 19.3 Å². The largest absolute Gasteiger partial charge is 0.435 e. The number of nitrogens with one attached hydrogen (secondary N) is 2. The van der Waals surface area contributed by atoms with Crippen LogP contribution in [0, 0.1) is 0 Å². The van der Waals surface area contributed by atoms with Gasteiger partial charge in [-0.2, -0.15) is 8.78 Å². The van der Waals surface area contributed by atoms with Crippen LogP contribution in [0.15, 0.2) is 24.3 Å². The van der Waals surface area contributed by atoms with Crippen LogP contribution >= 0.6 is 0 Å². The highest BCUT2D eigenvalue weighted by atomic mass is 19.3. The summed E-state index contributed by atoms with van der Waals surface area (Å²) in [6, 6.07) is 5.00. The van der Waals surface area contributed by atoms with Gasteiger partial charge in [0.1, 0.15) is 5.75 Å². The Balaban J connectivity index is 2.47. The molecular formula is C10H12F2N2O3. The van der Waals surface area contributed by atoms with E-state index < -0.39 is 12.6 Å². The molecule has 17 heavy (non-hydrogen) atoms. The van der Waals surface area contributed by atoms with E-state index in [1.165, 1.54) is 24.3 Å². The standard InChI is InChI=1S/C10H12F2N2O3/c11-9(12)17-8-3-1-7(2-4-8)14-10(16)13-5-6-15/h1-4,9,15H,5-6H2,(H2,13,14,16). The monoisotopic (exact) mass is 246 g/mol. The van der Waals surface area contributed by atoms with Crippen LogP contribution in [0.1, 0.15) is 0 Å². The number of carbonyl (C=O) groups excluding carboxylic acids is 1. The highest BCUT2D eigenvalue weighted by molar-refractivity contribution is 5.89. The van der Waals surface area contributed by atoms with Crippen LogP contribution in [0.3, 0.4) is 0 Å². The first-order valence-electron chi connectivity index (χ1n) is 4.82. The van der Waals surface area contributed by atoms with E-state index in [1.807, 2.05) is 0 Å². The molecule has 1 aromatic rings. The SMILES string of the molecule is O=C(NCCO)Nc1ccc(OC(F)F)cc1. The zero-order chi connectivity index (χ0) is 12.7. The molecule has 1 rings (SSSR count). The van der Waals surface area contributed by atoms with Crippen molar-refractivity contribution >= 4 is 11.7 Å². The first-order chi connectivity index (χ1) is 8.11. The van der Waals surface area contributed by atoms with Crippen molar-refractivity contribution in [2.75, 3.05) is 18.5 Å². The Morgan fingerprint density at radius 2 is 2.00 bits per heavy atom. The zero-order valence-corrected chi connectivity index (χ0v) is 8.82. The fraction of sp³-hybridized carbons (Fsp3) is 0.300. The Bertz CT molecular complexity index is 357. The Hall–Kier alpha value is -1.89. The van der Waals surface area contributed by atoms with Gasteiger partial charge in [-0.3, -0.25) is 0 Å². The molecule has 7 heteroatoms. The van der Waals surface area contributed by atoms with Crippen LogP contribution in [-0.4, -0.2) is 30.9 Å². The van der Waals surface area contributed by atoms with Crippen molar-refractivity contribution in [3.05, 3.63) is 24.3 Å². The van der Waals surface area contributed by atoms with E-state index in [-0.39, 0.29) is 18.9 Å². The van der Waals surface area contributed by atoms with Crippen LogP contribution in [0.25, 0.3) is 0 Å². The Kier molecular flexibility index (Phi) is 5.15. The number of rotatable bonds is 5. The van der Waals surface area contributed by atoms with Crippen LogP contribution < -0.4 is 15.4 Å². The summed E-state index contributed by atoms with van der Waals surface area (Å²) in [5.41, 5.74) is 0.432. The molecule has 0 bridgehead atoms. The molecular weight excluding hydrogens is 234 g/mol. The molecule has 0 atom stereocenters. The topological polar surface area (TPSA) is 70.6 Å². The molecule has 0 aliphatic carbocycles. The first kappa shape index (κ1) is 13.2. The summed E-state index contributed by atoms with van der Waals surface area (Å²) in [7, 11) is 0. The van der Waals surface area contributed by atoms with Crippen molar-refractivity contribution in [3.63, 3.8) is 0 Å². The molecule has 1 aromatic carbocycles.